The maximum Gasteiger partial charge on any atom is 0.224 e. The van der Waals surface area contributed by atoms with Gasteiger partial charge in [0.15, 0.2) is 5.65 Å². The predicted molar refractivity (Wildman–Crippen MR) is 111 cm³/mol. The third-order valence-corrected chi connectivity index (χ3v) is 4.73. The second kappa shape index (κ2) is 8.61. The average molecular weight is 406 g/mol. The van der Waals surface area contributed by atoms with E-state index in [1.807, 2.05) is 13.8 Å². The Morgan fingerprint density at radius 1 is 1.27 bits per heavy atom. The highest BCUT2D eigenvalue weighted by atomic mass is 16.5. The highest BCUT2D eigenvalue weighted by Gasteiger charge is 2.15. The number of nitrogens with zero attached hydrogens (tertiary/aromatic N) is 4. The first kappa shape index (κ1) is 20.8. The number of carbonyl (C=O) groups is 2. The monoisotopic (exact) mass is 406 g/mol. The number of anilines is 2. The lowest BCUT2D eigenvalue weighted by molar-refractivity contribution is -0.116. The summed E-state index contributed by atoms with van der Waals surface area (Å²) in [6.45, 7) is 5.16. The predicted octanol–water partition coefficient (Wildman–Crippen LogP) is 2.76. The van der Waals surface area contributed by atoms with Crippen molar-refractivity contribution in [3.63, 3.8) is 0 Å². The van der Waals surface area contributed by atoms with Crippen LogP contribution in [0.3, 0.4) is 0 Å². The lowest BCUT2D eigenvalue weighted by Gasteiger charge is -2.14. The quantitative estimate of drug-likeness (QED) is 0.649. The number of aryl methyl sites for hydroxylation is 2. The first-order chi connectivity index (χ1) is 14.3. The van der Waals surface area contributed by atoms with Crippen molar-refractivity contribution in [1.82, 2.24) is 14.6 Å². The summed E-state index contributed by atoms with van der Waals surface area (Å²) in [5.74, 6) is 0.0864. The van der Waals surface area contributed by atoms with Crippen LogP contribution in [0.4, 0.5) is 11.4 Å². The standard InChI is InChI=1S/C21H22N6O3/c1-12-17(13(2)27-21(24-12)15(10-22)11-23-27)6-8-20(29)26-18-9-16(25-14(3)28)5-7-19(18)30-4/h5,7,9,11H,6,8H2,1-4H3,(H,25,28)(H,26,29). The lowest BCUT2D eigenvalue weighted by atomic mass is 10.1. The van der Waals surface area contributed by atoms with Gasteiger partial charge in [0.25, 0.3) is 0 Å². The normalized spacial score (nSPS) is 10.5. The van der Waals surface area contributed by atoms with E-state index in [4.69, 9.17) is 4.74 Å². The summed E-state index contributed by atoms with van der Waals surface area (Å²) in [5.41, 5.74) is 4.47. The van der Waals surface area contributed by atoms with Crippen molar-refractivity contribution in [3.05, 3.63) is 46.9 Å². The summed E-state index contributed by atoms with van der Waals surface area (Å²) in [5, 5.41) is 18.9. The van der Waals surface area contributed by atoms with Gasteiger partial charge in [0.1, 0.15) is 17.4 Å². The fraction of sp³-hybridized carbons (Fsp3) is 0.286. The van der Waals surface area contributed by atoms with Gasteiger partial charge in [-0.1, -0.05) is 0 Å². The van der Waals surface area contributed by atoms with Gasteiger partial charge in [-0.3, -0.25) is 9.59 Å². The Balaban J connectivity index is 1.77. The molecule has 0 unspecified atom stereocenters. The molecule has 0 bridgehead atoms. The molecule has 3 rings (SSSR count). The molecule has 0 aliphatic heterocycles. The molecule has 0 spiro atoms. The fourth-order valence-electron chi connectivity index (χ4n) is 3.29. The third-order valence-electron chi connectivity index (χ3n) is 4.73. The summed E-state index contributed by atoms with van der Waals surface area (Å²) in [7, 11) is 1.51. The van der Waals surface area contributed by atoms with Crippen molar-refractivity contribution in [2.24, 2.45) is 0 Å². The Hall–Kier alpha value is -3.93. The molecule has 0 fully saturated rings. The van der Waals surface area contributed by atoms with Crippen LogP contribution in [0.1, 0.15) is 35.9 Å². The number of ether oxygens (including phenoxy) is 1. The van der Waals surface area contributed by atoms with Gasteiger partial charge in [0, 0.05) is 30.4 Å². The van der Waals surface area contributed by atoms with Crippen LogP contribution >= 0.6 is 0 Å². The number of fused-ring (bicyclic) bond motifs is 1. The Bertz CT molecular complexity index is 1180. The van der Waals surface area contributed by atoms with Gasteiger partial charge in [-0.25, -0.2) is 9.50 Å². The molecule has 154 valence electrons. The molecule has 2 N–H and O–H groups in total. The molecule has 2 aromatic heterocycles. The Labute approximate surface area is 173 Å². The SMILES string of the molecule is COc1ccc(NC(C)=O)cc1NC(=O)CCc1c(C)nc2c(C#N)cnn2c1C. The fourth-order valence-corrected chi connectivity index (χ4v) is 3.29. The molecule has 0 atom stereocenters. The second-order valence-electron chi connectivity index (χ2n) is 6.81. The van der Waals surface area contributed by atoms with Gasteiger partial charge in [-0.05, 0) is 44.0 Å². The van der Waals surface area contributed by atoms with Crippen LogP contribution in [-0.2, 0) is 16.0 Å². The van der Waals surface area contributed by atoms with Gasteiger partial charge in [0.2, 0.25) is 11.8 Å². The Morgan fingerprint density at radius 2 is 2.03 bits per heavy atom. The van der Waals surface area contributed by atoms with E-state index in [1.165, 1.54) is 20.2 Å². The number of nitriles is 1. The molecule has 0 saturated carbocycles. The molecule has 2 amide bonds. The Kier molecular flexibility index (Phi) is 5.97. The van der Waals surface area contributed by atoms with Gasteiger partial charge in [-0.15, -0.1) is 0 Å². The van der Waals surface area contributed by atoms with E-state index in [-0.39, 0.29) is 18.2 Å². The smallest absolute Gasteiger partial charge is 0.224 e. The summed E-state index contributed by atoms with van der Waals surface area (Å²) in [6.07, 6.45) is 2.16. The first-order valence-electron chi connectivity index (χ1n) is 9.33. The number of methoxy groups -OCH3 is 1. The van der Waals surface area contributed by atoms with E-state index in [2.05, 4.69) is 26.8 Å². The van der Waals surface area contributed by atoms with Crippen LogP contribution in [-0.4, -0.2) is 33.5 Å². The van der Waals surface area contributed by atoms with Crippen molar-refractivity contribution in [1.29, 1.82) is 5.26 Å². The lowest BCUT2D eigenvalue weighted by Crippen LogP contribution is -2.15. The number of aromatic nitrogens is 3. The topological polar surface area (TPSA) is 121 Å². The summed E-state index contributed by atoms with van der Waals surface area (Å²) in [4.78, 5) is 28.3. The minimum atomic E-state index is -0.204. The Morgan fingerprint density at radius 3 is 2.70 bits per heavy atom. The zero-order valence-electron chi connectivity index (χ0n) is 17.2. The molecule has 0 aliphatic rings. The highest BCUT2D eigenvalue weighted by Crippen LogP contribution is 2.28. The van der Waals surface area contributed by atoms with E-state index in [1.54, 1.807) is 22.7 Å². The summed E-state index contributed by atoms with van der Waals surface area (Å²) in [6, 6.07) is 7.10. The van der Waals surface area contributed by atoms with E-state index in [0.29, 0.717) is 34.8 Å². The molecule has 0 aliphatic carbocycles. The van der Waals surface area contributed by atoms with Crippen LogP contribution in [0.5, 0.6) is 5.75 Å². The molecule has 2 heterocycles. The van der Waals surface area contributed by atoms with Crippen molar-refractivity contribution in [3.8, 4) is 11.8 Å². The average Bonchev–Trinajstić information content (AvgIpc) is 3.10. The van der Waals surface area contributed by atoms with E-state index < -0.39 is 0 Å². The van der Waals surface area contributed by atoms with Crippen molar-refractivity contribution < 1.29 is 14.3 Å². The van der Waals surface area contributed by atoms with E-state index in [0.717, 1.165) is 17.0 Å². The van der Waals surface area contributed by atoms with E-state index in [9.17, 15) is 14.9 Å². The molecule has 0 saturated heterocycles. The molecular weight excluding hydrogens is 384 g/mol. The summed E-state index contributed by atoms with van der Waals surface area (Å²) >= 11 is 0. The minimum Gasteiger partial charge on any atom is -0.495 e. The molecule has 9 nitrogen and oxygen atoms in total. The first-order valence-corrected chi connectivity index (χ1v) is 9.33. The minimum absolute atomic E-state index is 0.203. The summed E-state index contributed by atoms with van der Waals surface area (Å²) < 4.78 is 6.92. The van der Waals surface area contributed by atoms with E-state index >= 15 is 0 Å². The third kappa shape index (κ3) is 4.22. The van der Waals surface area contributed by atoms with Gasteiger partial charge < -0.3 is 15.4 Å². The molecule has 9 heteroatoms. The van der Waals surface area contributed by atoms with Crippen molar-refractivity contribution in [2.45, 2.75) is 33.6 Å². The maximum atomic E-state index is 12.6. The van der Waals surface area contributed by atoms with Crippen LogP contribution in [0, 0.1) is 25.2 Å². The number of hydrogen-bond acceptors (Lipinski definition) is 6. The number of benzene rings is 1. The zero-order valence-corrected chi connectivity index (χ0v) is 17.2. The maximum absolute atomic E-state index is 12.6. The van der Waals surface area contributed by atoms with Crippen LogP contribution in [0.25, 0.3) is 5.65 Å². The van der Waals surface area contributed by atoms with Crippen molar-refractivity contribution in [2.75, 3.05) is 17.7 Å². The molecule has 3 aromatic rings. The number of rotatable bonds is 6. The van der Waals surface area contributed by atoms with Crippen LogP contribution < -0.4 is 15.4 Å². The number of nitrogens with one attached hydrogen (secondary N) is 2. The number of carbonyl (C=O) groups excluding carboxylic acids is 2. The highest BCUT2D eigenvalue weighted by molar-refractivity contribution is 5.95. The van der Waals surface area contributed by atoms with Gasteiger partial charge >= 0.3 is 0 Å². The molecular formula is C21H22N6O3. The van der Waals surface area contributed by atoms with Crippen LogP contribution in [0.2, 0.25) is 0 Å². The largest absolute Gasteiger partial charge is 0.495 e. The van der Waals surface area contributed by atoms with Gasteiger partial charge in [-0.2, -0.15) is 10.4 Å². The molecule has 30 heavy (non-hydrogen) atoms. The number of hydrogen-bond donors (Lipinski definition) is 2. The van der Waals surface area contributed by atoms with Crippen molar-refractivity contribution >= 4 is 28.8 Å². The zero-order chi connectivity index (χ0) is 21.8. The molecule has 0 radical (unpaired) electrons. The molecule has 1 aromatic carbocycles. The number of amides is 2. The van der Waals surface area contributed by atoms with Gasteiger partial charge in [0.05, 0.1) is 19.0 Å². The van der Waals surface area contributed by atoms with Crippen LogP contribution in [0.15, 0.2) is 24.4 Å². The second-order valence-corrected chi connectivity index (χ2v) is 6.81.